The van der Waals surface area contributed by atoms with Gasteiger partial charge in [-0.2, -0.15) is 0 Å². The van der Waals surface area contributed by atoms with Crippen LogP contribution in [-0.4, -0.2) is 37.2 Å². The fourth-order valence-corrected chi connectivity index (χ4v) is 8.11. The number of esters is 3. The summed E-state index contributed by atoms with van der Waals surface area (Å²) in [6.45, 7) is 6.44. The van der Waals surface area contributed by atoms with Crippen molar-refractivity contribution in [2.75, 3.05) is 13.2 Å². The van der Waals surface area contributed by atoms with Crippen molar-refractivity contribution >= 4 is 17.9 Å². The number of allylic oxidation sites excluding steroid dienone is 12. The molecule has 0 rings (SSSR count). The molecule has 1 atom stereocenters. The topological polar surface area (TPSA) is 78.9 Å². The zero-order valence-corrected chi connectivity index (χ0v) is 44.9. The Morgan fingerprint density at radius 1 is 0.309 bits per heavy atom. The fourth-order valence-electron chi connectivity index (χ4n) is 8.11. The third-order valence-electron chi connectivity index (χ3n) is 12.4. The smallest absolute Gasteiger partial charge is 0.306 e. The van der Waals surface area contributed by atoms with E-state index in [0.717, 1.165) is 109 Å². The van der Waals surface area contributed by atoms with Crippen LogP contribution >= 0.6 is 0 Å². The molecule has 0 spiro atoms. The molecular formula is C62H108O6. The zero-order valence-electron chi connectivity index (χ0n) is 44.9. The summed E-state index contributed by atoms with van der Waals surface area (Å²) >= 11 is 0. The van der Waals surface area contributed by atoms with Gasteiger partial charge in [0.15, 0.2) is 6.10 Å². The van der Waals surface area contributed by atoms with Crippen molar-refractivity contribution < 1.29 is 28.6 Å². The summed E-state index contributed by atoms with van der Waals surface area (Å²) in [6, 6.07) is 0. The molecule has 0 aliphatic rings. The minimum Gasteiger partial charge on any atom is -0.462 e. The van der Waals surface area contributed by atoms with Gasteiger partial charge in [0.25, 0.3) is 0 Å². The summed E-state index contributed by atoms with van der Waals surface area (Å²) in [5, 5.41) is 0. The van der Waals surface area contributed by atoms with Crippen molar-refractivity contribution in [1.82, 2.24) is 0 Å². The molecule has 0 aromatic heterocycles. The highest BCUT2D eigenvalue weighted by Gasteiger charge is 2.19. The van der Waals surface area contributed by atoms with Gasteiger partial charge in [-0.3, -0.25) is 14.4 Å². The number of rotatable bonds is 52. The maximum Gasteiger partial charge on any atom is 0.306 e. The molecular weight excluding hydrogens is 841 g/mol. The van der Waals surface area contributed by atoms with Gasteiger partial charge in [0.1, 0.15) is 13.2 Å². The molecule has 0 radical (unpaired) electrons. The van der Waals surface area contributed by atoms with Crippen molar-refractivity contribution in [3.63, 3.8) is 0 Å². The minimum atomic E-state index is -0.777. The van der Waals surface area contributed by atoms with Gasteiger partial charge in [0.2, 0.25) is 0 Å². The van der Waals surface area contributed by atoms with Gasteiger partial charge in [-0.25, -0.2) is 0 Å². The van der Waals surface area contributed by atoms with Crippen LogP contribution in [0.15, 0.2) is 72.9 Å². The molecule has 0 saturated carbocycles. The molecule has 1 unspecified atom stereocenters. The van der Waals surface area contributed by atoms with E-state index in [4.69, 9.17) is 14.2 Å². The Kier molecular flexibility index (Phi) is 53.8. The first kappa shape index (κ1) is 64.8. The average Bonchev–Trinajstić information content (AvgIpc) is 3.34. The second kappa shape index (κ2) is 56.4. The van der Waals surface area contributed by atoms with E-state index in [0.29, 0.717) is 19.3 Å². The van der Waals surface area contributed by atoms with Crippen LogP contribution in [0.2, 0.25) is 0 Å². The molecule has 68 heavy (non-hydrogen) atoms. The lowest BCUT2D eigenvalue weighted by molar-refractivity contribution is -0.167. The van der Waals surface area contributed by atoms with Gasteiger partial charge in [-0.1, -0.05) is 248 Å². The molecule has 392 valence electrons. The van der Waals surface area contributed by atoms with E-state index < -0.39 is 6.10 Å². The Labute approximate surface area is 421 Å². The van der Waals surface area contributed by atoms with Crippen LogP contribution in [0.25, 0.3) is 0 Å². The molecule has 6 heteroatoms. The number of ether oxygens (including phenoxy) is 3. The maximum absolute atomic E-state index is 12.8. The largest absolute Gasteiger partial charge is 0.462 e. The van der Waals surface area contributed by atoms with Crippen molar-refractivity contribution in [2.45, 2.75) is 290 Å². The molecule has 0 aliphatic carbocycles. The van der Waals surface area contributed by atoms with Gasteiger partial charge in [-0.15, -0.1) is 0 Å². The quantitative estimate of drug-likeness (QED) is 0.0262. The first-order valence-corrected chi connectivity index (χ1v) is 28.9. The van der Waals surface area contributed by atoms with E-state index in [1.807, 2.05) is 0 Å². The zero-order chi connectivity index (χ0) is 49.3. The first-order chi connectivity index (χ1) is 33.5. The van der Waals surface area contributed by atoms with Crippen molar-refractivity contribution in [3.05, 3.63) is 72.9 Å². The monoisotopic (exact) mass is 949 g/mol. The number of unbranched alkanes of at least 4 members (excludes halogenated alkanes) is 29. The normalized spacial score (nSPS) is 12.6. The van der Waals surface area contributed by atoms with Crippen LogP contribution < -0.4 is 0 Å². The van der Waals surface area contributed by atoms with Gasteiger partial charge in [0, 0.05) is 19.3 Å². The maximum atomic E-state index is 12.8. The molecule has 0 aromatic rings. The molecule has 0 N–H and O–H groups in total. The lowest BCUT2D eigenvalue weighted by Gasteiger charge is -2.18. The van der Waals surface area contributed by atoms with Crippen LogP contribution in [0.3, 0.4) is 0 Å². The molecule has 0 aliphatic heterocycles. The SMILES string of the molecule is CC/C=C\C/C=C\C/C=C\C/C=C\CCCCCCCCCCCCCCCCCCC(=O)OCC(COC(=O)CCCCCCCC)OC(=O)CCCCCCC/C=C\C/C=C\CCCCC. The summed E-state index contributed by atoms with van der Waals surface area (Å²) in [5.41, 5.74) is 0. The summed E-state index contributed by atoms with van der Waals surface area (Å²) in [7, 11) is 0. The second-order valence-corrected chi connectivity index (χ2v) is 19.2. The predicted octanol–water partition coefficient (Wildman–Crippen LogP) is 19.4. The molecule has 0 bridgehead atoms. The van der Waals surface area contributed by atoms with Crippen molar-refractivity contribution in [3.8, 4) is 0 Å². The van der Waals surface area contributed by atoms with Crippen LogP contribution in [0, 0.1) is 0 Å². The fraction of sp³-hybridized carbons (Fsp3) is 0.758. The highest BCUT2D eigenvalue weighted by Crippen LogP contribution is 2.16. The van der Waals surface area contributed by atoms with E-state index in [9.17, 15) is 14.4 Å². The number of hydrogen-bond donors (Lipinski definition) is 0. The van der Waals surface area contributed by atoms with Gasteiger partial charge >= 0.3 is 17.9 Å². The minimum absolute atomic E-state index is 0.0786. The predicted molar refractivity (Wildman–Crippen MR) is 293 cm³/mol. The third kappa shape index (κ3) is 53.8. The van der Waals surface area contributed by atoms with Crippen LogP contribution in [0.4, 0.5) is 0 Å². The molecule has 0 heterocycles. The average molecular weight is 950 g/mol. The van der Waals surface area contributed by atoms with E-state index in [1.54, 1.807) is 0 Å². The Morgan fingerprint density at radius 2 is 0.574 bits per heavy atom. The van der Waals surface area contributed by atoms with Crippen LogP contribution in [0.5, 0.6) is 0 Å². The summed E-state index contributed by atoms with van der Waals surface area (Å²) in [6.07, 6.45) is 72.2. The van der Waals surface area contributed by atoms with Gasteiger partial charge in [0.05, 0.1) is 0 Å². The second-order valence-electron chi connectivity index (χ2n) is 19.2. The highest BCUT2D eigenvalue weighted by molar-refractivity contribution is 5.71. The Bertz CT molecular complexity index is 1270. The lowest BCUT2D eigenvalue weighted by Crippen LogP contribution is -2.30. The Hall–Kier alpha value is -3.15. The van der Waals surface area contributed by atoms with E-state index in [1.165, 1.54) is 135 Å². The van der Waals surface area contributed by atoms with E-state index in [2.05, 4.69) is 93.7 Å². The molecule has 0 aromatic carbocycles. The molecule has 0 amide bonds. The Morgan fingerprint density at radius 3 is 0.926 bits per heavy atom. The molecule has 0 saturated heterocycles. The lowest BCUT2D eigenvalue weighted by atomic mass is 10.0. The van der Waals surface area contributed by atoms with Crippen LogP contribution in [0.1, 0.15) is 284 Å². The van der Waals surface area contributed by atoms with Gasteiger partial charge < -0.3 is 14.2 Å². The van der Waals surface area contributed by atoms with Crippen LogP contribution in [-0.2, 0) is 28.6 Å². The van der Waals surface area contributed by atoms with E-state index >= 15 is 0 Å². The Balaban J connectivity index is 4.04. The number of hydrogen-bond acceptors (Lipinski definition) is 6. The number of carbonyl (C=O) groups excluding carboxylic acids is 3. The highest BCUT2D eigenvalue weighted by atomic mass is 16.6. The summed E-state index contributed by atoms with van der Waals surface area (Å²) in [5.74, 6) is -0.895. The van der Waals surface area contributed by atoms with Gasteiger partial charge in [-0.05, 0) is 89.9 Å². The number of carbonyl (C=O) groups is 3. The molecule has 6 nitrogen and oxygen atoms in total. The summed E-state index contributed by atoms with van der Waals surface area (Å²) in [4.78, 5) is 37.8. The first-order valence-electron chi connectivity index (χ1n) is 28.9. The third-order valence-corrected chi connectivity index (χ3v) is 12.4. The molecule has 0 fully saturated rings. The van der Waals surface area contributed by atoms with Crippen molar-refractivity contribution in [2.24, 2.45) is 0 Å². The van der Waals surface area contributed by atoms with Crippen molar-refractivity contribution in [1.29, 1.82) is 0 Å². The summed E-state index contributed by atoms with van der Waals surface area (Å²) < 4.78 is 16.7. The standard InChI is InChI=1S/C62H108O6/c1-4-7-10-13-16-18-20-22-24-25-26-27-28-29-30-31-32-33-34-35-36-37-39-40-42-44-46-49-52-55-61(64)67-58-59(57-66-60(63)54-51-48-15-12-9-6-3)68-62(65)56-53-50-47-45-43-41-38-23-21-19-17-14-11-8-5-2/h7,10,16-19,22-24,26-27,38,59H,4-6,8-9,11-15,20-21,25,28-37,39-58H2,1-3H3/b10-7-,18-16-,19-17-,24-22-,27-26-,38-23-. The van der Waals surface area contributed by atoms with E-state index in [-0.39, 0.29) is 31.1 Å².